The van der Waals surface area contributed by atoms with E-state index in [0.717, 1.165) is 10.2 Å². The molecule has 5 heteroatoms. The van der Waals surface area contributed by atoms with Crippen LogP contribution >= 0.6 is 11.3 Å². The first kappa shape index (κ1) is 11.1. The fourth-order valence-electron chi connectivity index (χ4n) is 1.31. The van der Waals surface area contributed by atoms with Gasteiger partial charge in [0, 0.05) is 7.05 Å². The molecule has 0 amide bonds. The summed E-state index contributed by atoms with van der Waals surface area (Å²) in [6.45, 7) is 6.02. The van der Waals surface area contributed by atoms with E-state index >= 15 is 0 Å². The molecule has 0 fully saturated rings. The van der Waals surface area contributed by atoms with Gasteiger partial charge < -0.3 is 10.1 Å². The number of hydrogen-bond donors (Lipinski definition) is 1. The van der Waals surface area contributed by atoms with Crippen LogP contribution in [-0.2, 0) is 0 Å². The maximum atomic E-state index is 5.83. The summed E-state index contributed by atoms with van der Waals surface area (Å²) >= 11 is 1.59. The zero-order valence-electron chi connectivity index (χ0n) is 9.87. The highest BCUT2D eigenvalue weighted by atomic mass is 32.1. The fraction of sp³-hybridized carbons (Fsp3) is 0.455. The van der Waals surface area contributed by atoms with Crippen molar-refractivity contribution in [1.29, 1.82) is 0 Å². The molecule has 0 saturated carbocycles. The number of nitrogens with zero attached hydrogens (tertiary/aromatic N) is 2. The molecule has 2 heterocycles. The Labute approximate surface area is 98.7 Å². The van der Waals surface area contributed by atoms with Crippen molar-refractivity contribution in [1.82, 2.24) is 9.97 Å². The summed E-state index contributed by atoms with van der Waals surface area (Å²) in [5.41, 5.74) is -0.256. The van der Waals surface area contributed by atoms with Gasteiger partial charge in [0.2, 0.25) is 11.8 Å². The predicted molar refractivity (Wildman–Crippen MR) is 67.3 cm³/mol. The Hall–Kier alpha value is -1.36. The highest BCUT2D eigenvalue weighted by Crippen LogP contribution is 2.30. The van der Waals surface area contributed by atoms with Crippen LogP contribution in [0.25, 0.3) is 10.2 Å². The number of anilines is 1. The van der Waals surface area contributed by atoms with Crippen molar-refractivity contribution in [3.63, 3.8) is 0 Å². The summed E-state index contributed by atoms with van der Waals surface area (Å²) < 4.78 is 5.83. The van der Waals surface area contributed by atoms with Crippen molar-refractivity contribution in [3.05, 3.63) is 11.4 Å². The number of thiophene rings is 1. The van der Waals surface area contributed by atoms with Crippen LogP contribution in [0.2, 0.25) is 0 Å². The molecule has 0 aliphatic heterocycles. The molecule has 2 rings (SSSR count). The Kier molecular flexibility index (Phi) is 2.71. The van der Waals surface area contributed by atoms with Gasteiger partial charge in [0.1, 0.15) is 10.4 Å². The van der Waals surface area contributed by atoms with Gasteiger partial charge in [0.15, 0.2) is 0 Å². The molecule has 86 valence electrons. The van der Waals surface area contributed by atoms with Crippen molar-refractivity contribution in [2.75, 3.05) is 12.4 Å². The van der Waals surface area contributed by atoms with E-state index in [1.54, 1.807) is 18.4 Å². The molecule has 0 aliphatic carbocycles. The van der Waals surface area contributed by atoms with E-state index in [1.807, 2.05) is 32.2 Å². The van der Waals surface area contributed by atoms with E-state index in [4.69, 9.17) is 4.74 Å². The number of rotatable bonds is 2. The highest BCUT2D eigenvalue weighted by Gasteiger charge is 2.17. The van der Waals surface area contributed by atoms with Gasteiger partial charge in [-0.2, -0.15) is 4.98 Å². The molecule has 0 spiro atoms. The van der Waals surface area contributed by atoms with Crippen LogP contribution in [-0.4, -0.2) is 22.6 Å². The largest absolute Gasteiger partial charge is 0.471 e. The molecule has 0 saturated heterocycles. The minimum atomic E-state index is -0.256. The van der Waals surface area contributed by atoms with Crippen molar-refractivity contribution in [3.8, 4) is 5.88 Å². The topological polar surface area (TPSA) is 47.0 Å². The summed E-state index contributed by atoms with van der Waals surface area (Å²) in [5.74, 6) is 1.23. The number of hydrogen-bond acceptors (Lipinski definition) is 5. The van der Waals surface area contributed by atoms with Gasteiger partial charge in [-0.3, -0.25) is 0 Å². The minimum Gasteiger partial charge on any atom is -0.471 e. The third-order valence-electron chi connectivity index (χ3n) is 1.92. The molecule has 0 aromatic carbocycles. The molecule has 16 heavy (non-hydrogen) atoms. The molecule has 0 unspecified atom stereocenters. The molecule has 2 aromatic heterocycles. The second kappa shape index (κ2) is 3.90. The third-order valence-corrected chi connectivity index (χ3v) is 2.72. The van der Waals surface area contributed by atoms with Gasteiger partial charge in [0.25, 0.3) is 0 Å². The van der Waals surface area contributed by atoms with Crippen LogP contribution in [0.15, 0.2) is 11.4 Å². The first-order valence-corrected chi connectivity index (χ1v) is 5.99. The molecule has 1 N–H and O–H groups in total. The second-order valence-electron chi connectivity index (χ2n) is 4.46. The maximum absolute atomic E-state index is 5.83. The monoisotopic (exact) mass is 237 g/mol. The van der Waals surface area contributed by atoms with Crippen molar-refractivity contribution in [2.45, 2.75) is 26.4 Å². The van der Waals surface area contributed by atoms with E-state index in [0.29, 0.717) is 11.8 Å². The summed E-state index contributed by atoms with van der Waals surface area (Å²) in [5, 5.41) is 5.91. The lowest BCUT2D eigenvalue weighted by atomic mass is 10.2. The quantitative estimate of drug-likeness (QED) is 0.872. The number of aromatic nitrogens is 2. The van der Waals surface area contributed by atoms with Crippen LogP contribution < -0.4 is 10.1 Å². The summed E-state index contributed by atoms with van der Waals surface area (Å²) in [6.07, 6.45) is 0. The van der Waals surface area contributed by atoms with E-state index in [-0.39, 0.29) is 5.60 Å². The first-order valence-electron chi connectivity index (χ1n) is 5.11. The van der Waals surface area contributed by atoms with E-state index in [9.17, 15) is 0 Å². The molecule has 2 aromatic rings. The second-order valence-corrected chi connectivity index (χ2v) is 5.35. The third kappa shape index (κ3) is 2.24. The predicted octanol–water partition coefficient (Wildman–Crippen LogP) is 2.91. The SMILES string of the molecule is CNc1nc(OC(C)(C)C)c2ccsc2n1. The fourth-order valence-corrected chi connectivity index (χ4v) is 2.06. The average Bonchev–Trinajstić information content (AvgIpc) is 2.63. The lowest BCUT2D eigenvalue weighted by Gasteiger charge is -2.20. The Morgan fingerprint density at radius 1 is 1.31 bits per heavy atom. The Morgan fingerprint density at radius 3 is 2.69 bits per heavy atom. The maximum Gasteiger partial charge on any atom is 0.227 e. The normalized spacial score (nSPS) is 11.8. The zero-order chi connectivity index (χ0) is 11.8. The number of fused-ring (bicyclic) bond motifs is 1. The average molecular weight is 237 g/mol. The summed E-state index contributed by atoms with van der Waals surface area (Å²) in [4.78, 5) is 9.64. The van der Waals surface area contributed by atoms with Gasteiger partial charge in [-0.25, -0.2) is 4.98 Å². The highest BCUT2D eigenvalue weighted by molar-refractivity contribution is 7.16. The van der Waals surface area contributed by atoms with Gasteiger partial charge in [0.05, 0.1) is 5.39 Å². The molecule has 0 aliphatic rings. The molecule has 4 nitrogen and oxygen atoms in total. The lowest BCUT2D eigenvalue weighted by Crippen LogP contribution is -2.23. The molecular weight excluding hydrogens is 222 g/mol. The van der Waals surface area contributed by atoms with E-state index in [1.165, 1.54) is 0 Å². The molecule has 0 bridgehead atoms. The van der Waals surface area contributed by atoms with Crippen molar-refractivity contribution in [2.24, 2.45) is 0 Å². The molecular formula is C11H15N3OS. The van der Waals surface area contributed by atoms with Gasteiger partial charge in [-0.1, -0.05) is 0 Å². The van der Waals surface area contributed by atoms with Gasteiger partial charge >= 0.3 is 0 Å². The number of nitrogens with one attached hydrogen (secondary N) is 1. The van der Waals surface area contributed by atoms with Crippen LogP contribution in [0.1, 0.15) is 20.8 Å². The van der Waals surface area contributed by atoms with Gasteiger partial charge in [-0.15, -0.1) is 11.3 Å². The standard InChI is InChI=1S/C11H15N3OS/c1-11(2,3)15-8-7-5-6-16-9(7)14-10(12-4)13-8/h5-6H,1-4H3,(H,12,13,14). The smallest absolute Gasteiger partial charge is 0.227 e. The molecule has 0 atom stereocenters. The minimum absolute atomic E-state index is 0.256. The van der Waals surface area contributed by atoms with Crippen molar-refractivity contribution >= 4 is 27.5 Å². The summed E-state index contributed by atoms with van der Waals surface area (Å²) in [7, 11) is 1.80. The van der Waals surface area contributed by atoms with E-state index in [2.05, 4.69) is 15.3 Å². The van der Waals surface area contributed by atoms with Gasteiger partial charge in [-0.05, 0) is 32.2 Å². The van der Waals surface area contributed by atoms with Crippen LogP contribution in [0.3, 0.4) is 0 Å². The summed E-state index contributed by atoms with van der Waals surface area (Å²) in [6, 6.07) is 1.99. The van der Waals surface area contributed by atoms with E-state index < -0.39 is 0 Å². The molecule has 0 radical (unpaired) electrons. The Morgan fingerprint density at radius 2 is 2.06 bits per heavy atom. The first-order chi connectivity index (χ1) is 7.49. The van der Waals surface area contributed by atoms with Crippen LogP contribution in [0, 0.1) is 0 Å². The number of ether oxygens (including phenoxy) is 1. The van der Waals surface area contributed by atoms with Crippen molar-refractivity contribution < 1.29 is 4.74 Å². The Bertz CT molecular complexity index is 501. The van der Waals surface area contributed by atoms with Crippen LogP contribution in [0.4, 0.5) is 5.95 Å². The lowest BCUT2D eigenvalue weighted by molar-refractivity contribution is 0.126. The Balaban J connectivity index is 2.52. The van der Waals surface area contributed by atoms with Crippen LogP contribution in [0.5, 0.6) is 5.88 Å². The zero-order valence-corrected chi connectivity index (χ0v) is 10.7.